The van der Waals surface area contributed by atoms with Gasteiger partial charge in [-0.2, -0.15) is 10.2 Å². The van der Waals surface area contributed by atoms with Crippen LogP contribution in [0, 0.1) is 0 Å². The lowest BCUT2D eigenvalue weighted by molar-refractivity contribution is 0.0947. The molecule has 2 N–H and O–H groups in total. The monoisotopic (exact) mass is 332 g/mol. The maximum absolute atomic E-state index is 12.1. The largest absolute Gasteiger partial charge is 0.504 e. The van der Waals surface area contributed by atoms with Gasteiger partial charge in [-0.05, 0) is 23.8 Å². The van der Waals surface area contributed by atoms with E-state index in [1.165, 1.54) is 17.1 Å². The molecule has 0 unspecified atom stereocenters. The van der Waals surface area contributed by atoms with Gasteiger partial charge in [0.05, 0.1) is 11.9 Å². The number of carbonyl (C=O) groups is 1. The third kappa shape index (κ3) is 4.20. The second kappa shape index (κ2) is 7.74. The van der Waals surface area contributed by atoms with Gasteiger partial charge < -0.3 is 5.11 Å². The highest BCUT2D eigenvalue weighted by Gasteiger charge is 2.16. The number of aromatic nitrogens is 2. The SMILES string of the molecule is O=C(NN=C/C=C/c1ccccc1)c1nn(-c2ccccc2)cc1O. The van der Waals surface area contributed by atoms with E-state index in [-0.39, 0.29) is 11.4 Å². The van der Waals surface area contributed by atoms with E-state index in [1.807, 2.05) is 66.7 Å². The number of carbonyl (C=O) groups excluding carboxylic acids is 1. The highest BCUT2D eigenvalue weighted by atomic mass is 16.3. The molecule has 3 aromatic rings. The van der Waals surface area contributed by atoms with Crippen LogP contribution < -0.4 is 5.43 Å². The quantitative estimate of drug-likeness (QED) is 0.557. The highest BCUT2D eigenvalue weighted by Crippen LogP contribution is 2.17. The van der Waals surface area contributed by atoms with E-state index in [4.69, 9.17) is 0 Å². The number of rotatable bonds is 5. The summed E-state index contributed by atoms with van der Waals surface area (Å²) in [6.07, 6.45) is 6.40. The zero-order valence-electron chi connectivity index (χ0n) is 13.3. The predicted octanol–water partition coefficient (Wildman–Crippen LogP) is 3.01. The average Bonchev–Trinajstić information content (AvgIpc) is 3.05. The Morgan fingerprint density at radius 2 is 1.76 bits per heavy atom. The minimum atomic E-state index is -0.587. The van der Waals surface area contributed by atoms with Crippen molar-refractivity contribution in [2.75, 3.05) is 0 Å². The van der Waals surface area contributed by atoms with Crippen molar-refractivity contribution in [3.05, 3.63) is 84.2 Å². The Bertz CT molecular complexity index is 900. The Morgan fingerprint density at radius 1 is 1.08 bits per heavy atom. The van der Waals surface area contributed by atoms with E-state index in [1.54, 1.807) is 6.08 Å². The van der Waals surface area contributed by atoms with Crippen molar-refractivity contribution in [3.63, 3.8) is 0 Å². The van der Waals surface area contributed by atoms with E-state index < -0.39 is 5.91 Å². The van der Waals surface area contributed by atoms with Gasteiger partial charge in [0, 0.05) is 6.21 Å². The molecule has 0 radical (unpaired) electrons. The maximum Gasteiger partial charge on any atom is 0.295 e. The Labute approximate surface area is 144 Å². The Kier molecular flexibility index (Phi) is 5.01. The van der Waals surface area contributed by atoms with Crippen LogP contribution in [0.15, 0.2) is 78.0 Å². The fourth-order valence-electron chi connectivity index (χ4n) is 2.15. The molecule has 6 heteroatoms. The van der Waals surface area contributed by atoms with Crippen LogP contribution in [0.3, 0.4) is 0 Å². The van der Waals surface area contributed by atoms with Crippen LogP contribution in [-0.2, 0) is 0 Å². The average molecular weight is 332 g/mol. The molecule has 1 amide bonds. The van der Waals surface area contributed by atoms with Gasteiger partial charge in [-0.1, -0.05) is 54.6 Å². The lowest BCUT2D eigenvalue weighted by Crippen LogP contribution is -2.18. The number of amides is 1. The molecular weight excluding hydrogens is 316 g/mol. The van der Waals surface area contributed by atoms with Crippen molar-refractivity contribution in [3.8, 4) is 11.4 Å². The summed E-state index contributed by atoms with van der Waals surface area (Å²) in [4.78, 5) is 12.1. The Morgan fingerprint density at radius 3 is 2.48 bits per heavy atom. The normalized spacial score (nSPS) is 11.2. The summed E-state index contributed by atoms with van der Waals surface area (Å²) in [5, 5.41) is 17.8. The second-order valence-electron chi connectivity index (χ2n) is 5.13. The zero-order chi connectivity index (χ0) is 17.5. The summed E-state index contributed by atoms with van der Waals surface area (Å²) >= 11 is 0. The molecule has 0 atom stereocenters. The van der Waals surface area contributed by atoms with E-state index >= 15 is 0 Å². The lowest BCUT2D eigenvalue weighted by Gasteiger charge is -1.99. The van der Waals surface area contributed by atoms with Crippen molar-refractivity contribution in [1.29, 1.82) is 0 Å². The minimum Gasteiger partial charge on any atom is -0.504 e. The Balaban J connectivity index is 1.63. The third-order valence-corrected chi connectivity index (χ3v) is 3.35. The molecule has 124 valence electrons. The number of hydrazone groups is 1. The molecule has 0 aliphatic carbocycles. The first-order chi connectivity index (χ1) is 12.2. The lowest BCUT2D eigenvalue weighted by atomic mass is 10.2. The molecule has 25 heavy (non-hydrogen) atoms. The number of allylic oxidation sites excluding steroid dienone is 1. The molecule has 0 saturated carbocycles. The first-order valence-corrected chi connectivity index (χ1v) is 7.63. The third-order valence-electron chi connectivity index (χ3n) is 3.35. The van der Waals surface area contributed by atoms with Crippen LogP contribution in [0.1, 0.15) is 16.1 Å². The Hall–Kier alpha value is -3.67. The summed E-state index contributed by atoms with van der Waals surface area (Å²) < 4.78 is 1.43. The van der Waals surface area contributed by atoms with Crippen LogP contribution in [0.25, 0.3) is 11.8 Å². The van der Waals surface area contributed by atoms with Crippen LogP contribution in [-0.4, -0.2) is 27.0 Å². The molecular formula is C19H16N4O2. The molecule has 1 aromatic heterocycles. The molecule has 0 aliphatic heterocycles. The van der Waals surface area contributed by atoms with Gasteiger partial charge in [0.15, 0.2) is 11.4 Å². The van der Waals surface area contributed by atoms with Crippen LogP contribution >= 0.6 is 0 Å². The van der Waals surface area contributed by atoms with Crippen molar-refractivity contribution in [2.24, 2.45) is 5.10 Å². The molecule has 2 aromatic carbocycles. The summed E-state index contributed by atoms with van der Waals surface area (Å²) in [7, 11) is 0. The van der Waals surface area contributed by atoms with Crippen LogP contribution in [0.5, 0.6) is 5.75 Å². The van der Waals surface area contributed by atoms with E-state index in [0.717, 1.165) is 11.3 Å². The van der Waals surface area contributed by atoms with Crippen molar-refractivity contribution in [1.82, 2.24) is 15.2 Å². The number of nitrogens with one attached hydrogen (secondary N) is 1. The minimum absolute atomic E-state index is 0.0898. The molecule has 1 heterocycles. The molecule has 3 rings (SSSR count). The highest BCUT2D eigenvalue weighted by molar-refractivity contribution is 5.95. The van der Waals surface area contributed by atoms with E-state index in [2.05, 4.69) is 15.6 Å². The van der Waals surface area contributed by atoms with Gasteiger partial charge in [-0.3, -0.25) is 4.79 Å². The van der Waals surface area contributed by atoms with Gasteiger partial charge in [0.2, 0.25) is 0 Å². The fraction of sp³-hybridized carbons (Fsp3) is 0. The standard InChI is InChI=1S/C19H16N4O2/c24-17-14-23(16-11-5-2-6-12-16)22-18(17)19(25)21-20-13-7-10-15-8-3-1-4-9-15/h1-14,24H,(H,21,25)/b10-7+,20-13?. The number of hydrogen-bond acceptors (Lipinski definition) is 4. The smallest absolute Gasteiger partial charge is 0.295 e. The second-order valence-corrected chi connectivity index (χ2v) is 5.13. The zero-order valence-corrected chi connectivity index (χ0v) is 13.3. The topological polar surface area (TPSA) is 79.5 Å². The molecule has 0 saturated heterocycles. The molecule has 0 spiro atoms. The summed E-state index contributed by atoms with van der Waals surface area (Å²) in [6, 6.07) is 18.9. The summed E-state index contributed by atoms with van der Waals surface area (Å²) in [5.41, 5.74) is 4.01. The van der Waals surface area contributed by atoms with Crippen LogP contribution in [0.2, 0.25) is 0 Å². The maximum atomic E-state index is 12.1. The van der Waals surface area contributed by atoms with Gasteiger partial charge >= 0.3 is 0 Å². The number of nitrogens with zero attached hydrogens (tertiary/aromatic N) is 3. The molecule has 0 fully saturated rings. The van der Waals surface area contributed by atoms with Gasteiger partial charge in [-0.15, -0.1) is 0 Å². The van der Waals surface area contributed by atoms with E-state index in [0.29, 0.717) is 0 Å². The first-order valence-electron chi connectivity index (χ1n) is 7.63. The number of benzene rings is 2. The van der Waals surface area contributed by atoms with Gasteiger partial charge in [0.1, 0.15) is 0 Å². The van der Waals surface area contributed by atoms with Gasteiger partial charge in [-0.25, -0.2) is 10.1 Å². The first kappa shape index (κ1) is 16.2. The van der Waals surface area contributed by atoms with Crippen molar-refractivity contribution in [2.45, 2.75) is 0 Å². The number of aromatic hydroxyl groups is 1. The summed E-state index contributed by atoms with van der Waals surface area (Å²) in [5.74, 6) is -0.798. The number of para-hydroxylation sites is 1. The number of hydrogen-bond donors (Lipinski definition) is 2. The van der Waals surface area contributed by atoms with Crippen molar-refractivity contribution >= 4 is 18.2 Å². The van der Waals surface area contributed by atoms with Gasteiger partial charge in [0.25, 0.3) is 5.91 Å². The summed E-state index contributed by atoms with van der Waals surface area (Å²) in [6.45, 7) is 0. The van der Waals surface area contributed by atoms with E-state index in [9.17, 15) is 9.90 Å². The predicted molar refractivity (Wildman–Crippen MR) is 96.7 cm³/mol. The molecule has 6 nitrogen and oxygen atoms in total. The van der Waals surface area contributed by atoms with Crippen LogP contribution in [0.4, 0.5) is 0 Å². The van der Waals surface area contributed by atoms with Crippen molar-refractivity contribution < 1.29 is 9.90 Å². The fourth-order valence-corrected chi connectivity index (χ4v) is 2.15. The molecule has 0 aliphatic rings. The molecule has 0 bridgehead atoms.